The molecule has 1 heterocycles. The lowest BCUT2D eigenvalue weighted by molar-refractivity contribution is -0.149. The Kier molecular flexibility index (Phi) is 4.93. The summed E-state index contributed by atoms with van der Waals surface area (Å²) in [6.07, 6.45) is 0.740. The van der Waals surface area contributed by atoms with E-state index in [1.54, 1.807) is 0 Å². The van der Waals surface area contributed by atoms with Gasteiger partial charge in [-0.2, -0.15) is 0 Å². The van der Waals surface area contributed by atoms with E-state index in [1.807, 2.05) is 42.5 Å². The van der Waals surface area contributed by atoms with Crippen LogP contribution in [0.5, 0.6) is 0 Å². The van der Waals surface area contributed by atoms with Gasteiger partial charge in [0.15, 0.2) is 0 Å². The van der Waals surface area contributed by atoms with E-state index in [1.165, 1.54) is 11.3 Å². The second-order valence-corrected chi connectivity index (χ2v) is 6.96. The van der Waals surface area contributed by atoms with Gasteiger partial charge in [-0.1, -0.05) is 78.9 Å². The molecule has 136 valence electrons. The molecule has 0 bridgehead atoms. The first kappa shape index (κ1) is 17.3. The van der Waals surface area contributed by atoms with E-state index >= 15 is 0 Å². The molecule has 3 aromatic rings. The van der Waals surface area contributed by atoms with E-state index in [-0.39, 0.29) is 5.92 Å². The molecule has 2 unspecified atom stereocenters. The third kappa shape index (κ3) is 3.33. The van der Waals surface area contributed by atoms with E-state index in [0.29, 0.717) is 6.47 Å². The number of hydrogen-bond acceptors (Lipinski definition) is 3. The molecule has 0 radical (unpaired) electrons. The Balaban J connectivity index is 1.79. The molecule has 1 fully saturated rings. The van der Waals surface area contributed by atoms with Crippen molar-refractivity contribution >= 4 is 12.2 Å². The molecule has 1 aliphatic heterocycles. The molecule has 0 aromatic heterocycles. The van der Waals surface area contributed by atoms with Crippen LogP contribution in [-0.2, 0) is 15.1 Å². The molecule has 0 saturated carbocycles. The zero-order valence-electron chi connectivity index (χ0n) is 15.2. The molecule has 0 N–H and O–H groups in total. The van der Waals surface area contributed by atoms with Crippen LogP contribution < -0.4 is 4.90 Å². The van der Waals surface area contributed by atoms with Crippen LogP contribution in [0.2, 0.25) is 0 Å². The predicted octanol–water partition coefficient (Wildman–Crippen LogP) is 4.75. The lowest BCUT2D eigenvalue weighted by Crippen LogP contribution is -2.50. The fourth-order valence-electron chi connectivity index (χ4n) is 4.23. The molecule has 2 atom stereocenters. The van der Waals surface area contributed by atoms with Crippen LogP contribution in [0, 0.1) is 0 Å². The third-order valence-corrected chi connectivity index (χ3v) is 5.56. The highest BCUT2D eigenvalue weighted by molar-refractivity contribution is 5.50. The molecule has 0 amide bonds. The Morgan fingerprint density at radius 3 is 2.07 bits per heavy atom. The first-order chi connectivity index (χ1) is 13.3. The molecule has 0 spiro atoms. The van der Waals surface area contributed by atoms with E-state index in [2.05, 4.69) is 53.4 Å². The topological polar surface area (TPSA) is 29.5 Å². The number of piperidine rings is 1. The molecule has 3 aromatic carbocycles. The van der Waals surface area contributed by atoms with Crippen LogP contribution in [0.1, 0.15) is 23.5 Å². The SMILES string of the molecule is O=COC1(c2ccccc2)CCN(c2ccccc2)CC1c1ccccc1. The third-order valence-electron chi connectivity index (χ3n) is 5.56. The van der Waals surface area contributed by atoms with Gasteiger partial charge in [-0.3, -0.25) is 4.79 Å². The number of benzene rings is 3. The van der Waals surface area contributed by atoms with Crippen molar-refractivity contribution in [2.45, 2.75) is 17.9 Å². The second-order valence-electron chi connectivity index (χ2n) is 6.96. The van der Waals surface area contributed by atoms with E-state index in [4.69, 9.17) is 4.74 Å². The fraction of sp³-hybridized carbons (Fsp3) is 0.208. The zero-order valence-corrected chi connectivity index (χ0v) is 15.2. The molecule has 3 nitrogen and oxygen atoms in total. The van der Waals surface area contributed by atoms with Crippen molar-refractivity contribution in [2.75, 3.05) is 18.0 Å². The summed E-state index contributed by atoms with van der Waals surface area (Å²) in [5.41, 5.74) is 2.78. The minimum Gasteiger partial charge on any atom is -0.456 e. The van der Waals surface area contributed by atoms with Gasteiger partial charge in [0.1, 0.15) is 5.60 Å². The normalized spacial score (nSPS) is 22.2. The van der Waals surface area contributed by atoms with Gasteiger partial charge >= 0.3 is 0 Å². The summed E-state index contributed by atoms with van der Waals surface area (Å²) in [5.74, 6) is 0.0419. The van der Waals surface area contributed by atoms with Gasteiger partial charge in [-0.25, -0.2) is 0 Å². The molecular formula is C24H23NO2. The molecule has 27 heavy (non-hydrogen) atoms. The lowest BCUT2D eigenvalue weighted by Gasteiger charge is -2.47. The first-order valence-electron chi connectivity index (χ1n) is 9.35. The lowest BCUT2D eigenvalue weighted by atomic mass is 9.72. The van der Waals surface area contributed by atoms with Gasteiger partial charge in [0, 0.05) is 31.1 Å². The highest BCUT2D eigenvalue weighted by atomic mass is 16.5. The summed E-state index contributed by atoms with van der Waals surface area (Å²) in [6.45, 7) is 2.23. The average molecular weight is 357 g/mol. The summed E-state index contributed by atoms with van der Waals surface area (Å²) in [7, 11) is 0. The Bertz CT molecular complexity index is 867. The summed E-state index contributed by atoms with van der Waals surface area (Å²) in [6, 6.07) is 31.0. The van der Waals surface area contributed by atoms with Gasteiger partial charge in [-0.05, 0) is 23.3 Å². The van der Waals surface area contributed by atoms with Crippen LogP contribution in [0.4, 0.5) is 5.69 Å². The van der Waals surface area contributed by atoms with Gasteiger partial charge < -0.3 is 9.64 Å². The number of carbonyl (C=O) groups is 1. The number of ether oxygens (including phenoxy) is 1. The van der Waals surface area contributed by atoms with Crippen LogP contribution in [0.15, 0.2) is 91.0 Å². The van der Waals surface area contributed by atoms with Crippen molar-refractivity contribution in [1.29, 1.82) is 0 Å². The predicted molar refractivity (Wildman–Crippen MR) is 108 cm³/mol. The molecule has 1 aliphatic rings. The molecule has 0 aliphatic carbocycles. The largest absolute Gasteiger partial charge is 0.456 e. The van der Waals surface area contributed by atoms with Gasteiger partial charge in [0.25, 0.3) is 6.47 Å². The maximum Gasteiger partial charge on any atom is 0.293 e. The standard InChI is InChI=1S/C24H23NO2/c26-19-27-24(21-12-6-2-7-13-21)16-17-25(22-14-8-3-9-15-22)18-23(24)20-10-4-1-5-11-20/h1-15,19,23H,16-18H2. The summed E-state index contributed by atoms with van der Waals surface area (Å²) >= 11 is 0. The number of carbonyl (C=O) groups excluding carboxylic acids is 1. The van der Waals surface area contributed by atoms with E-state index in [0.717, 1.165) is 25.1 Å². The Hall–Kier alpha value is -3.07. The summed E-state index contributed by atoms with van der Waals surface area (Å²) in [4.78, 5) is 13.9. The maximum atomic E-state index is 11.5. The van der Waals surface area contributed by atoms with Crippen LogP contribution in [-0.4, -0.2) is 19.6 Å². The van der Waals surface area contributed by atoms with Crippen molar-refractivity contribution in [3.63, 3.8) is 0 Å². The monoisotopic (exact) mass is 357 g/mol. The maximum absolute atomic E-state index is 11.5. The number of nitrogens with zero attached hydrogens (tertiary/aromatic N) is 1. The number of para-hydroxylation sites is 1. The summed E-state index contributed by atoms with van der Waals surface area (Å²) in [5, 5.41) is 0. The minimum absolute atomic E-state index is 0.0419. The number of anilines is 1. The van der Waals surface area contributed by atoms with Crippen molar-refractivity contribution < 1.29 is 9.53 Å². The number of hydrogen-bond donors (Lipinski definition) is 0. The van der Waals surface area contributed by atoms with E-state index in [9.17, 15) is 4.79 Å². The quantitative estimate of drug-likeness (QED) is 0.617. The van der Waals surface area contributed by atoms with Crippen molar-refractivity contribution in [2.24, 2.45) is 0 Å². The highest BCUT2D eigenvalue weighted by Crippen LogP contribution is 2.46. The molecular weight excluding hydrogens is 334 g/mol. The first-order valence-corrected chi connectivity index (χ1v) is 9.35. The second kappa shape index (κ2) is 7.67. The van der Waals surface area contributed by atoms with Crippen molar-refractivity contribution in [3.8, 4) is 0 Å². The minimum atomic E-state index is -0.657. The van der Waals surface area contributed by atoms with Crippen LogP contribution in [0.3, 0.4) is 0 Å². The Morgan fingerprint density at radius 1 is 0.852 bits per heavy atom. The smallest absolute Gasteiger partial charge is 0.293 e. The van der Waals surface area contributed by atoms with Gasteiger partial charge in [0.05, 0.1) is 0 Å². The van der Waals surface area contributed by atoms with Crippen molar-refractivity contribution in [3.05, 3.63) is 102 Å². The average Bonchev–Trinajstić information content (AvgIpc) is 2.76. The Morgan fingerprint density at radius 2 is 1.44 bits per heavy atom. The number of rotatable bonds is 5. The summed E-state index contributed by atoms with van der Waals surface area (Å²) < 4.78 is 5.90. The highest BCUT2D eigenvalue weighted by Gasteiger charge is 2.47. The fourth-order valence-corrected chi connectivity index (χ4v) is 4.23. The van der Waals surface area contributed by atoms with Crippen LogP contribution >= 0.6 is 0 Å². The van der Waals surface area contributed by atoms with E-state index < -0.39 is 5.60 Å². The van der Waals surface area contributed by atoms with Gasteiger partial charge in [0.2, 0.25) is 0 Å². The molecule has 1 saturated heterocycles. The van der Waals surface area contributed by atoms with Crippen LogP contribution in [0.25, 0.3) is 0 Å². The molecule has 3 heteroatoms. The zero-order chi connectivity index (χ0) is 18.5. The molecule has 4 rings (SSSR count). The van der Waals surface area contributed by atoms with Crippen molar-refractivity contribution in [1.82, 2.24) is 0 Å². The van der Waals surface area contributed by atoms with Gasteiger partial charge in [-0.15, -0.1) is 0 Å². The Labute approximate surface area is 160 Å².